The van der Waals surface area contributed by atoms with Gasteiger partial charge < -0.3 is 10.4 Å². The molecule has 3 rings (SSSR count). The van der Waals surface area contributed by atoms with Crippen LogP contribution in [0.15, 0.2) is 23.1 Å². The van der Waals surface area contributed by atoms with Gasteiger partial charge >= 0.3 is 0 Å². The molecule has 0 saturated heterocycles. The lowest BCUT2D eigenvalue weighted by Crippen LogP contribution is -2.49. The number of nitrogens with one attached hydrogen (secondary N) is 1. The van der Waals surface area contributed by atoms with E-state index < -0.39 is 14.6 Å². The highest BCUT2D eigenvalue weighted by atomic mass is 32.2. The van der Waals surface area contributed by atoms with Crippen molar-refractivity contribution in [3.05, 3.63) is 18.2 Å². The summed E-state index contributed by atoms with van der Waals surface area (Å²) >= 11 is 0. The van der Waals surface area contributed by atoms with Gasteiger partial charge in [-0.25, -0.2) is 8.42 Å². The molecule has 2 N–H and O–H groups in total. The number of phenols is 1. The molecule has 1 heterocycles. The van der Waals surface area contributed by atoms with Crippen LogP contribution in [-0.2, 0) is 9.84 Å². The van der Waals surface area contributed by atoms with E-state index in [0.29, 0.717) is 12.2 Å². The van der Waals surface area contributed by atoms with Crippen molar-refractivity contribution in [2.24, 2.45) is 0 Å². The molecule has 5 heteroatoms. The molecule has 4 nitrogen and oxygen atoms in total. The van der Waals surface area contributed by atoms with Crippen molar-refractivity contribution in [3.8, 4) is 5.75 Å². The third-order valence-electron chi connectivity index (χ3n) is 4.19. The minimum atomic E-state index is -3.35. The fourth-order valence-corrected chi connectivity index (χ4v) is 5.37. The van der Waals surface area contributed by atoms with Crippen molar-refractivity contribution in [1.82, 2.24) is 0 Å². The van der Waals surface area contributed by atoms with E-state index in [1.807, 2.05) is 0 Å². The smallest absolute Gasteiger partial charge is 0.187 e. The first-order valence-electron chi connectivity index (χ1n) is 6.37. The van der Waals surface area contributed by atoms with Crippen LogP contribution in [0.3, 0.4) is 0 Å². The molecule has 0 unspecified atom stereocenters. The van der Waals surface area contributed by atoms with E-state index in [9.17, 15) is 13.5 Å². The first kappa shape index (κ1) is 11.8. The lowest BCUT2D eigenvalue weighted by Gasteiger charge is -2.40. The Morgan fingerprint density at radius 3 is 2.61 bits per heavy atom. The summed E-state index contributed by atoms with van der Waals surface area (Å²) in [7, 11) is -3.35. The van der Waals surface area contributed by atoms with Gasteiger partial charge in [-0.05, 0) is 25.0 Å². The van der Waals surface area contributed by atoms with E-state index in [4.69, 9.17) is 0 Å². The number of aromatic hydroxyl groups is 1. The molecule has 1 spiro atoms. The van der Waals surface area contributed by atoms with Crippen LogP contribution in [0.2, 0.25) is 0 Å². The van der Waals surface area contributed by atoms with Gasteiger partial charge in [-0.15, -0.1) is 0 Å². The minimum Gasteiger partial charge on any atom is -0.508 e. The summed E-state index contributed by atoms with van der Waals surface area (Å²) in [4.78, 5) is 0.260. The molecular formula is C13H17NO3S. The van der Waals surface area contributed by atoms with Crippen LogP contribution < -0.4 is 5.32 Å². The maximum absolute atomic E-state index is 12.8. The topological polar surface area (TPSA) is 66.4 Å². The van der Waals surface area contributed by atoms with Crippen LogP contribution in [0, 0.1) is 0 Å². The Labute approximate surface area is 107 Å². The summed E-state index contributed by atoms with van der Waals surface area (Å²) in [5.74, 6) is 0.00647. The standard InChI is InChI=1S/C13H17NO3S/c15-10-4-5-11-12(8-10)18(16,17)13(9-14-11)6-2-1-3-7-13/h4-5,8,14-15H,1-3,6-7,9H2. The molecule has 1 aliphatic heterocycles. The van der Waals surface area contributed by atoms with Crippen LogP contribution in [0.5, 0.6) is 5.75 Å². The molecular weight excluding hydrogens is 250 g/mol. The van der Waals surface area contributed by atoms with Gasteiger partial charge in [0.15, 0.2) is 9.84 Å². The summed E-state index contributed by atoms with van der Waals surface area (Å²) in [6, 6.07) is 4.52. The monoisotopic (exact) mass is 267 g/mol. The largest absolute Gasteiger partial charge is 0.508 e. The van der Waals surface area contributed by atoms with Gasteiger partial charge in [0.25, 0.3) is 0 Å². The minimum absolute atomic E-state index is 0.00647. The SMILES string of the molecule is O=S1(=O)c2cc(O)ccc2NCC12CCCCC2. The third-order valence-corrected chi connectivity index (χ3v) is 6.80. The maximum atomic E-state index is 12.8. The zero-order valence-electron chi connectivity index (χ0n) is 10.1. The molecule has 1 saturated carbocycles. The quantitative estimate of drug-likeness (QED) is 0.708. The lowest BCUT2D eigenvalue weighted by atomic mass is 9.88. The highest BCUT2D eigenvalue weighted by Gasteiger charge is 2.48. The first-order valence-corrected chi connectivity index (χ1v) is 7.85. The molecule has 0 amide bonds. The van der Waals surface area contributed by atoms with Crippen LogP contribution in [0.25, 0.3) is 0 Å². The average Bonchev–Trinajstić information content (AvgIpc) is 2.37. The molecule has 18 heavy (non-hydrogen) atoms. The molecule has 0 aromatic heterocycles. The van der Waals surface area contributed by atoms with Crippen LogP contribution in [0.1, 0.15) is 32.1 Å². The van der Waals surface area contributed by atoms with E-state index in [2.05, 4.69) is 5.32 Å². The Morgan fingerprint density at radius 2 is 1.89 bits per heavy atom. The molecule has 1 aromatic carbocycles. The summed E-state index contributed by atoms with van der Waals surface area (Å²) in [5.41, 5.74) is 0.615. The predicted octanol–water partition coefficient (Wildman–Crippen LogP) is 2.29. The molecule has 1 fully saturated rings. The van der Waals surface area contributed by atoms with E-state index in [-0.39, 0.29) is 10.6 Å². The van der Waals surface area contributed by atoms with Crippen LogP contribution in [-0.4, -0.2) is 24.8 Å². The van der Waals surface area contributed by atoms with Crippen LogP contribution in [0.4, 0.5) is 5.69 Å². The Bertz CT molecular complexity index is 574. The Morgan fingerprint density at radius 1 is 1.17 bits per heavy atom. The van der Waals surface area contributed by atoms with Crippen molar-refractivity contribution < 1.29 is 13.5 Å². The summed E-state index contributed by atoms with van der Waals surface area (Å²) in [6.45, 7) is 0.493. The van der Waals surface area contributed by atoms with Crippen molar-refractivity contribution in [3.63, 3.8) is 0 Å². The molecule has 1 aromatic rings. The molecule has 1 aliphatic carbocycles. The van der Waals surface area contributed by atoms with E-state index in [1.54, 1.807) is 6.07 Å². The van der Waals surface area contributed by atoms with Crippen molar-refractivity contribution in [2.75, 3.05) is 11.9 Å². The molecule has 0 radical (unpaired) electrons. The summed E-state index contributed by atoms with van der Waals surface area (Å²) in [5, 5.41) is 12.7. The van der Waals surface area contributed by atoms with Crippen molar-refractivity contribution in [2.45, 2.75) is 41.7 Å². The average molecular weight is 267 g/mol. The molecule has 98 valence electrons. The van der Waals surface area contributed by atoms with Gasteiger partial charge in [-0.2, -0.15) is 0 Å². The second kappa shape index (κ2) is 3.88. The Balaban J connectivity index is 2.15. The van der Waals surface area contributed by atoms with Gasteiger partial charge in [-0.3, -0.25) is 0 Å². The van der Waals surface area contributed by atoms with Crippen molar-refractivity contribution >= 4 is 15.5 Å². The first-order chi connectivity index (χ1) is 8.55. The zero-order chi connectivity index (χ0) is 12.8. The summed E-state index contributed by atoms with van der Waals surface area (Å²) in [6.07, 6.45) is 4.49. The van der Waals surface area contributed by atoms with Crippen LogP contribution >= 0.6 is 0 Å². The fourth-order valence-electron chi connectivity index (χ4n) is 3.11. The highest BCUT2D eigenvalue weighted by Crippen LogP contribution is 2.44. The molecule has 0 atom stereocenters. The number of rotatable bonds is 0. The highest BCUT2D eigenvalue weighted by molar-refractivity contribution is 7.93. The number of anilines is 1. The summed E-state index contributed by atoms with van der Waals surface area (Å²) < 4.78 is 24.9. The van der Waals surface area contributed by atoms with E-state index in [0.717, 1.165) is 32.1 Å². The van der Waals surface area contributed by atoms with Crippen molar-refractivity contribution in [1.29, 1.82) is 0 Å². The number of benzene rings is 1. The number of hydrogen-bond donors (Lipinski definition) is 2. The van der Waals surface area contributed by atoms with Gasteiger partial charge in [-0.1, -0.05) is 19.3 Å². The fraction of sp³-hybridized carbons (Fsp3) is 0.538. The van der Waals surface area contributed by atoms with Gasteiger partial charge in [0, 0.05) is 12.6 Å². The lowest BCUT2D eigenvalue weighted by molar-refractivity contribution is 0.380. The third kappa shape index (κ3) is 1.53. The molecule has 0 bridgehead atoms. The second-order valence-electron chi connectivity index (χ2n) is 5.28. The number of fused-ring (bicyclic) bond motifs is 1. The predicted molar refractivity (Wildman–Crippen MR) is 69.6 cm³/mol. The number of phenolic OH excluding ortho intramolecular Hbond substituents is 1. The Kier molecular flexibility index (Phi) is 2.55. The normalized spacial score (nSPS) is 24.2. The Hall–Kier alpha value is -1.23. The van der Waals surface area contributed by atoms with E-state index >= 15 is 0 Å². The molecule has 2 aliphatic rings. The van der Waals surface area contributed by atoms with Gasteiger partial charge in [0.05, 0.1) is 15.3 Å². The second-order valence-corrected chi connectivity index (χ2v) is 7.59. The van der Waals surface area contributed by atoms with E-state index in [1.165, 1.54) is 12.1 Å². The number of hydrogen-bond acceptors (Lipinski definition) is 4. The van der Waals surface area contributed by atoms with Gasteiger partial charge in [0.2, 0.25) is 0 Å². The maximum Gasteiger partial charge on any atom is 0.187 e. The number of sulfone groups is 1. The zero-order valence-corrected chi connectivity index (χ0v) is 11.0. The van der Waals surface area contributed by atoms with Gasteiger partial charge in [0.1, 0.15) is 5.75 Å².